The fraction of sp³-hybridized carbons (Fsp3) is 0.250. The van der Waals surface area contributed by atoms with Crippen LogP contribution in [-0.4, -0.2) is 20.8 Å². The topological polar surface area (TPSA) is 36.9 Å². The van der Waals surface area contributed by atoms with Gasteiger partial charge < -0.3 is 18.9 Å². The van der Waals surface area contributed by atoms with Crippen LogP contribution in [0.2, 0.25) is 0 Å². The van der Waals surface area contributed by atoms with Crippen molar-refractivity contribution in [3.05, 3.63) is 47.5 Å². The standard InChI is InChI=1S/C16H14F2O4/c1-19-10-6-13(20-2)16-14(7-10)21-8-15(16)22-12-4-3-9(17)5-11(12)18/h3-7,15H,8H2,1-2H3. The van der Waals surface area contributed by atoms with Crippen molar-refractivity contribution in [1.29, 1.82) is 0 Å². The average Bonchev–Trinajstić information content (AvgIpc) is 2.92. The molecule has 2 aromatic carbocycles. The number of fused-ring (bicyclic) bond motifs is 1. The van der Waals surface area contributed by atoms with Crippen molar-refractivity contribution in [1.82, 2.24) is 0 Å². The minimum atomic E-state index is -0.763. The summed E-state index contributed by atoms with van der Waals surface area (Å²) in [5.74, 6) is 0.212. The van der Waals surface area contributed by atoms with Crippen LogP contribution < -0.4 is 18.9 Å². The Hall–Kier alpha value is -2.50. The average molecular weight is 308 g/mol. The lowest BCUT2D eigenvalue weighted by atomic mass is 10.1. The van der Waals surface area contributed by atoms with Gasteiger partial charge in [-0.15, -0.1) is 0 Å². The Balaban J connectivity index is 1.93. The zero-order chi connectivity index (χ0) is 15.7. The number of hydrogen-bond acceptors (Lipinski definition) is 4. The van der Waals surface area contributed by atoms with Gasteiger partial charge in [-0.1, -0.05) is 0 Å². The van der Waals surface area contributed by atoms with Crippen LogP contribution in [0.5, 0.6) is 23.0 Å². The fourth-order valence-corrected chi connectivity index (χ4v) is 2.37. The Morgan fingerprint density at radius 3 is 2.55 bits per heavy atom. The van der Waals surface area contributed by atoms with Gasteiger partial charge in [-0.3, -0.25) is 0 Å². The van der Waals surface area contributed by atoms with Gasteiger partial charge in [0.1, 0.15) is 29.7 Å². The molecule has 0 aliphatic carbocycles. The van der Waals surface area contributed by atoms with Crippen LogP contribution in [0.15, 0.2) is 30.3 Å². The molecule has 0 saturated heterocycles. The molecule has 0 fully saturated rings. The summed E-state index contributed by atoms with van der Waals surface area (Å²) in [7, 11) is 3.06. The third kappa shape index (κ3) is 2.52. The summed E-state index contributed by atoms with van der Waals surface area (Å²) in [6, 6.07) is 6.57. The second kappa shape index (κ2) is 5.71. The lowest BCUT2D eigenvalue weighted by Gasteiger charge is -2.16. The van der Waals surface area contributed by atoms with Gasteiger partial charge in [0.25, 0.3) is 0 Å². The van der Waals surface area contributed by atoms with Crippen molar-refractivity contribution in [3.8, 4) is 23.0 Å². The molecule has 1 unspecified atom stereocenters. The van der Waals surface area contributed by atoms with Crippen molar-refractivity contribution < 1.29 is 27.7 Å². The van der Waals surface area contributed by atoms with Crippen molar-refractivity contribution in [2.24, 2.45) is 0 Å². The van der Waals surface area contributed by atoms with Gasteiger partial charge in [0.2, 0.25) is 0 Å². The van der Waals surface area contributed by atoms with Gasteiger partial charge in [0, 0.05) is 18.2 Å². The minimum absolute atomic E-state index is 0.0410. The van der Waals surface area contributed by atoms with Crippen LogP contribution in [0.4, 0.5) is 8.78 Å². The van der Waals surface area contributed by atoms with Gasteiger partial charge in [-0.2, -0.15) is 0 Å². The molecule has 0 saturated carbocycles. The lowest BCUT2D eigenvalue weighted by molar-refractivity contribution is 0.155. The van der Waals surface area contributed by atoms with Gasteiger partial charge in [0.15, 0.2) is 17.7 Å². The SMILES string of the molecule is COc1cc(OC)c2c(c1)OCC2Oc1ccc(F)cc1F. The van der Waals surface area contributed by atoms with Crippen molar-refractivity contribution in [2.45, 2.75) is 6.10 Å². The highest BCUT2D eigenvalue weighted by molar-refractivity contribution is 5.54. The van der Waals surface area contributed by atoms with E-state index in [1.807, 2.05) is 0 Å². The van der Waals surface area contributed by atoms with Gasteiger partial charge in [0.05, 0.1) is 19.8 Å². The highest BCUT2D eigenvalue weighted by Crippen LogP contribution is 2.44. The molecule has 1 aliphatic rings. The molecule has 2 aromatic rings. The van der Waals surface area contributed by atoms with Crippen molar-refractivity contribution in [2.75, 3.05) is 20.8 Å². The molecule has 1 atom stereocenters. The largest absolute Gasteiger partial charge is 0.496 e. The predicted molar refractivity (Wildman–Crippen MR) is 74.8 cm³/mol. The second-order valence-corrected chi connectivity index (χ2v) is 4.73. The molecule has 0 N–H and O–H groups in total. The molecule has 6 heteroatoms. The number of hydrogen-bond donors (Lipinski definition) is 0. The Morgan fingerprint density at radius 1 is 1.05 bits per heavy atom. The molecule has 1 aliphatic heterocycles. The molecule has 3 rings (SSSR count). The zero-order valence-corrected chi connectivity index (χ0v) is 12.1. The van der Waals surface area contributed by atoms with E-state index < -0.39 is 17.7 Å². The molecule has 0 aromatic heterocycles. The normalized spacial score (nSPS) is 15.9. The molecule has 0 spiro atoms. The third-order valence-electron chi connectivity index (χ3n) is 3.41. The molecule has 0 amide bonds. The van der Waals surface area contributed by atoms with Crippen LogP contribution in [0.1, 0.15) is 11.7 Å². The van der Waals surface area contributed by atoms with Crippen molar-refractivity contribution in [3.63, 3.8) is 0 Å². The van der Waals surface area contributed by atoms with E-state index in [2.05, 4.69) is 0 Å². The van der Waals surface area contributed by atoms with E-state index in [1.54, 1.807) is 12.1 Å². The van der Waals surface area contributed by atoms with Crippen LogP contribution in [0.25, 0.3) is 0 Å². The smallest absolute Gasteiger partial charge is 0.168 e. The summed E-state index contributed by atoms with van der Waals surface area (Å²) in [5, 5.41) is 0. The number of methoxy groups -OCH3 is 2. The Bertz CT molecular complexity index is 703. The summed E-state index contributed by atoms with van der Waals surface area (Å²) in [4.78, 5) is 0. The van der Waals surface area contributed by atoms with E-state index in [9.17, 15) is 8.78 Å². The molecule has 4 nitrogen and oxygen atoms in total. The van der Waals surface area contributed by atoms with Gasteiger partial charge in [-0.05, 0) is 12.1 Å². The minimum Gasteiger partial charge on any atom is -0.496 e. The Kier molecular flexibility index (Phi) is 3.75. The fourth-order valence-electron chi connectivity index (χ4n) is 2.37. The summed E-state index contributed by atoms with van der Waals surface area (Å²) < 4.78 is 48.3. The first-order valence-corrected chi connectivity index (χ1v) is 6.62. The Morgan fingerprint density at radius 2 is 1.86 bits per heavy atom. The first kappa shape index (κ1) is 14.4. The van der Waals surface area contributed by atoms with E-state index in [4.69, 9.17) is 18.9 Å². The number of benzene rings is 2. The van der Waals surface area contributed by atoms with Crippen LogP contribution in [0, 0.1) is 11.6 Å². The molecule has 0 radical (unpaired) electrons. The number of ether oxygens (including phenoxy) is 4. The maximum Gasteiger partial charge on any atom is 0.168 e. The maximum absolute atomic E-state index is 13.7. The first-order valence-electron chi connectivity index (χ1n) is 6.62. The van der Waals surface area contributed by atoms with Crippen molar-refractivity contribution >= 4 is 0 Å². The highest BCUT2D eigenvalue weighted by Gasteiger charge is 2.31. The highest BCUT2D eigenvalue weighted by atomic mass is 19.1. The quantitative estimate of drug-likeness (QED) is 0.866. The van der Waals surface area contributed by atoms with Gasteiger partial charge in [-0.25, -0.2) is 8.78 Å². The number of halogens is 2. The van der Waals surface area contributed by atoms with Gasteiger partial charge >= 0.3 is 0 Å². The van der Waals surface area contributed by atoms with Crippen LogP contribution >= 0.6 is 0 Å². The summed E-state index contributed by atoms with van der Waals surface area (Å²) in [6.07, 6.45) is -0.546. The predicted octanol–water partition coefficient (Wildman–Crippen LogP) is 3.49. The molecular weight excluding hydrogens is 294 g/mol. The number of rotatable bonds is 4. The monoisotopic (exact) mass is 308 g/mol. The molecule has 116 valence electrons. The third-order valence-corrected chi connectivity index (χ3v) is 3.41. The summed E-state index contributed by atoms with van der Waals surface area (Å²) in [6.45, 7) is 0.204. The van der Waals surface area contributed by atoms with E-state index in [1.165, 1.54) is 20.3 Å². The van der Waals surface area contributed by atoms with Crippen LogP contribution in [0.3, 0.4) is 0 Å². The first-order chi connectivity index (χ1) is 10.6. The zero-order valence-electron chi connectivity index (χ0n) is 12.1. The van der Waals surface area contributed by atoms with E-state index in [0.717, 1.165) is 12.1 Å². The lowest BCUT2D eigenvalue weighted by Crippen LogP contribution is -2.10. The van der Waals surface area contributed by atoms with E-state index >= 15 is 0 Å². The maximum atomic E-state index is 13.7. The summed E-state index contributed by atoms with van der Waals surface area (Å²) in [5.41, 5.74) is 0.673. The Labute approximate surface area is 126 Å². The van der Waals surface area contributed by atoms with E-state index in [-0.39, 0.29) is 12.4 Å². The van der Waals surface area contributed by atoms with Crippen LogP contribution in [-0.2, 0) is 0 Å². The molecule has 1 heterocycles. The molecular formula is C16H14F2O4. The second-order valence-electron chi connectivity index (χ2n) is 4.73. The molecule has 22 heavy (non-hydrogen) atoms. The van der Waals surface area contributed by atoms with E-state index in [0.29, 0.717) is 22.8 Å². The summed E-state index contributed by atoms with van der Waals surface area (Å²) >= 11 is 0. The molecule has 0 bridgehead atoms.